The van der Waals surface area contributed by atoms with Crippen molar-refractivity contribution in [2.24, 2.45) is 0 Å². The predicted octanol–water partition coefficient (Wildman–Crippen LogP) is 7.23. The topological polar surface area (TPSA) is 17.1 Å². The van der Waals surface area contributed by atoms with Gasteiger partial charge in [-0.05, 0) is 47.0 Å². The van der Waals surface area contributed by atoms with Crippen LogP contribution in [0.2, 0.25) is 0 Å². The summed E-state index contributed by atoms with van der Waals surface area (Å²) in [4.78, 5) is 8.98. The van der Waals surface area contributed by atoms with Crippen molar-refractivity contribution in [1.29, 1.82) is 0 Å². The predicted molar refractivity (Wildman–Crippen MR) is 186 cm³/mol. The zero-order valence-electron chi connectivity index (χ0n) is 23.2. The van der Waals surface area contributed by atoms with Gasteiger partial charge in [0.05, 0.1) is 0 Å². The third-order valence-electron chi connectivity index (χ3n) is 6.09. The molecule has 6 aromatic rings. The summed E-state index contributed by atoms with van der Waals surface area (Å²) >= 11 is 7.41. The van der Waals surface area contributed by atoms with Gasteiger partial charge in [0, 0.05) is 0 Å². The Labute approximate surface area is 283 Å². The Morgan fingerprint density at radius 2 is 0.581 bits per heavy atom. The molecule has 0 spiro atoms. The van der Waals surface area contributed by atoms with E-state index in [2.05, 4.69) is 205 Å². The summed E-state index contributed by atoms with van der Waals surface area (Å²) in [6, 6.07) is 65.0. The molecule has 0 heterocycles. The van der Waals surface area contributed by atoms with Crippen LogP contribution < -0.4 is 29.0 Å². The summed E-state index contributed by atoms with van der Waals surface area (Å²) in [6.45, 7) is 0. The van der Waals surface area contributed by atoms with Crippen molar-refractivity contribution in [3.05, 3.63) is 182 Å². The van der Waals surface area contributed by atoms with Crippen molar-refractivity contribution < 1.29 is 24.3 Å². The SMILES string of the molecule is O=C(Cl)Cl.[Rh+2].c1ccc(P(c2ccccc2)c2ccccc2)cc1.c1ccc([As](c2ccccc2)c2ccccc2)cc1. The number of carbonyl (C=O) groups is 1. The van der Waals surface area contributed by atoms with Gasteiger partial charge in [-0.15, -0.1) is 0 Å². The van der Waals surface area contributed by atoms with Crippen molar-refractivity contribution in [2.75, 3.05) is 0 Å². The van der Waals surface area contributed by atoms with E-state index in [4.69, 9.17) is 4.79 Å². The summed E-state index contributed by atoms with van der Waals surface area (Å²) in [5.74, 6) is 0. The average Bonchev–Trinajstić information content (AvgIpc) is 3.05. The Balaban J connectivity index is 0.000000206. The van der Waals surface area contributed by atoms with Gasteiger partial charge in [0.25, 0.3) is 0 Å². The van der Waals surface area contributed by atoms with Crippen LogP contribution in [0.25, 0.3) is 0 Å². The molecule has 0 unspecified atom stereocenters. The Kier molecular flexibility index (Phi) is 15.7. The van der Waals surface area contributed by atoms with Gasteiger partial charge < -0.3 is 0 Å². The first-order valence-electron chi connectivity index (χ1n) is 13.4. The van der Waals surface area contributed by atoms with Crippen molar-refractivity contribution in [3.8, 4) is 0 Å². The summed E-state index contributed by atoms with van der Waals surface area (Å²) in [5, 5.41) is 4.19. The molecule has 0 atom stereocenters. The monoisotopic (exact) mass is 769 g/mol. The van der Waals surface area contributed by atoms with Gasteiger partial charge in [0.1, 0.15) is 0 Å². The van der Waals surface area contributed by atoms with Crippen molar-refractivity contribution in [2.45, 2.75) is 0 Å². The van der Waals surface area contributed by atoms with Crippen LogP contribution in [-0.4, -0.2) is 19.4 Å². The Morgan fingerprint density at radius 1 is 0.395 bits per heavy atom. The molecular formula is C37H30AsCl2OPRh+2. The fraction of sp³-hybridized carbons (Fsp3) is 0. The van der Waals surface area contributed by atoms with E-state index in [1.807, 2.05) is 0 Å². The van der Waals surface area contributed by atoms with E-state index in [-0.39, 0.29) is 19.5 Å². The van der Waals surface area contributed by atoms with Gasteiger partial charge in [-0.3, -0.25) is 4.79 Å². The zero-order chi connectivity index (χ0) is 29.4. The van der Waals surface area contributed by atoms with Crippen LogP contribution in [0.5, 0.6) is 0 Å². The van der Waals surface area contributed by atoms with Crippen LogP contribution >= 0.6 is 31.1 Å². The average molecular weight is 770 g/mol. The molecule has 6 heteroatoms. The van der Waals surface area contributed by atoms with Crippen molar-refractivity contribution in [3.63, 3.8) is 0 Å². The second-order valence-electron chi connectivity index (χ2n) is 8.91. The van der Waals surface area contributed by atoms with Crippen molar-refractivity contribution >= 4 is 79.4 Å². The molecule has 215 valence electrons. The number of hydrogen-bond acceptors (Lipinski definition) is 1. The van der Waals surface area contributed by atoms with Crippen LogP contribution in [0.1, 0.15) is 0 Å². The van der Waals surface area contributed by atoms with Crippen LogP contribution in [0.3, 0.4) is 0 Å². The number of benzene rings is 6. The Morgan fingerprint density at radius 3 is 0.791 bits per heavy atom. The van der Waals surface area contributed by atoms with Gasteiger partial charge in [0.15, 0.2) is 0 Å². The van der Waals surface area contributed by atoms with E-state index in [1.54, 1.807) is 0 Å². The van der Waals surface area contributed by atoms with E-state index >= 15 is 0 Å². The maximum atomic E-state index is 8.98. The quantitative estimate of drug-likeness (QED) is 0.0994. The summed E-state index contributed by atoms with van der Waals surface area (Å²) in [7, 11) is -0.446. The maximum absolute atomic E-state index is 8.98. The first-order valence-corrected chi connectivity index (χ1v) is 18.3. The van der Waals surface area contributed by atoms with Gasteiger partial charge in [-0.2, -0.15) is 0 Å². The molecule has 43 heavy (non-hydrogen) atoms. The molecule has 0 aliphatic rings. The fourth-order valence-corrected chi connectivity index (χ4v) is 11.5. The first kappa shape index (κ1) is 34.7. The van der Waals surface area contributed by atoms with Crippen LogP contribution in [0, 0.1) is 0 Å². The molecule has 0 aromatic heterocycles. The molecule has 0 fully saturated rings. The second-order valence-corrected chi connectivity index (χ2v) is 16.7. The molecule has 6 aromatic carbocycles. The van der Waals surface area contributed by atoms with Gasteiger partial charge in [-0.1, -0.05) is 91.0 Å². The Bertz CT molecular complexity index is 1290. The molecule has 0 aliphatic heterocycles. The van der Waals surface area contributed by atoms with Gasteiger partial charge in [-0.25, -0.2) is 0 Å². The van der Waals surface area contributed by atoms with E-state index < -0.39 is 27.3 Å². The minimum atomic E-state index is -1.39. The molecule has 0 amide bonds. The van der Waals surface area contributed by atoms with Crippen LogP contribution in [-0.2, 0) is 19.5 Å². The zero-order valence-corrected chi connectivity index (χ0v) is 29.1. The third kappa shape index (κ3) is 11.3. The van der Waals surface area contributed by atoms with E-state index in [1.165, 1.54) is 29.0 Å². The van der Waals surface area contributed by atoms with Crippen molar-refractivity contribution in [1.82, 2.24) is 0 Å². The molecule has 0 bridgehead atoms. The number of carbonyl (C=O) groups excluding carboxylic acids is 1. The summed E-state index contributed by atoms with van der Waals surface area (Å²) < 4.78 is 3.55. The molecule has 6 rings (SSSR count). The Hall–Kier alpha value is -2.82. The normalized spacial score (nSPS) is 9.95. The minimum absolute atomic E-state index is 0. The summed E-state index contributed by atoms with van der Waals surface area (Å²) in [6.07, 6.45) is 0. The van der Waals surface area contributed by atoms with E-state index in [0.29, 0.717) is 0 Å². The summed E-state index contributed by atoms with van der Waals surface area (Å²) in [5.41, 5.74) is 0. The fourth-order valence-electron chi connectivity index (χ4n) is 4.36. The number of hydrogen-bond donors (Lipinski definition) is 0. The first-order chi connectivity index (χ1) is 20.6. The standard InChI is InChI=1S/C18H15As.C18H15P.CCl2O.Rh/c2*1-4-10-16(11-5-1)19(17-12-6-2-7-13-17)18-14-8-3-9-15-18;2-1(3)4;/h2*1-15H;;/q;;;+2. The van der Waals surface area contributed by atoms with Gasteiger partial charge in [0.2, 0.25) is 0 Å². The molecule has 1 nitrogen and oxygen atoms in total. The molecule has 0 aliphatic carbocycles. The molecule has 0 N–H and O–H groups in total. The number of rotatable bonds is 6. The third-order valence-corrected chi connectivity index (χ3v) is 13.7. The molecule has 1 radical (unpaired) electrons. The number of halogens is 2. The molecule has 0 saturated carbocycles. The van der Waals surface area contributed by atoms with Crippen LogP contribution in [0.4, 0.5) is 4.79 Å². The van der Waals surface area contributed by atoms with Crippen LogP contribution in [0.15, 0.2) is 182 Å². The second kappa shape index (κ2) is 19.5. The van der Waals surface area contributed by atoms with E-state index in [9.17, 15) is 0 Å². The molecular weight excluding hydrogens is 740 g/mol. The van der Waals surface area contributed by atoms with E-state index in [0.717, 1.165) is 0 Å². The molecule has 0 saturated heterocycles. The van der Waals surface area contributed by atoms with Gasteiger partial charge >= 0.3 is 143 Å².